The van der Waals surface area contributed by atoms with Gasteiger partial charge in [-0.25, -0.2) is 9.18 Å². The van der Waals surface area contributed by atoms with Crippen LogP contribution in [0.15, 0.2) is 57.7 Å². The van der Waals surface area contributed by atoms with Gasteiger partial charge in [-0.2, -0.15) is 0 Å². The van der Waals surface area contributed by atoms with Gasteiger partial charge in [-0.3, -0.25) is 9.78 Å². The molecule has 6 heteroatoms. The number of oxazole rings is 1. The number of fused-ring (bicyclic) bond motifs is 1. The minimum Gasteiger partial charge on any atom is -0.408 e. The smallest absolute Gasteiger partial charge is 0.408 e. The number of carbonyl (C=O) groups excluding carboxylic acids is 1. The number of benzene rings is 2. The van der Waals surface area contributed by atoms with Crippen molar-refractivity contribution < 1.29 is 13.6 Å². The molecule has 0 radical (unpaired) electrons. The zero-order valence-electron chi connectivity index (χ0n) is 15.6. The van der Waals surface area contributed by atoms with E-state index in [9.17, 15) is 14.0 Å². The second-order valence-corrected chi connectivity index (χ2v) is 7.39. The highest BCUT2D eigenvalue weighted by Gasteiger charge is 2.27. The lowest BCUT2D eigenvalue weighted by molar-refractivity contribution is 0.0919. The summed E-state index contributed by atoms with van der Waals surface area (Å²) in [6.07, 6.45) is 1.06. The zero-order chi connectivity index (χ0) is 19.5. The van der Waals surface area contributed by atoms with Gasteiger partial charge in [-0.1, -0.05) is 30.3 Å². The molecule has 0 aliphatic carbocycles. The highest BCUT2D eigenvalue weighted by molar-refractivity contribution is 5.98. The van der Waals surface area contributed by atoms with Gasteiger partial charge in [0.25, 0.3) is 0 Å². The Kier molecular flexibility index (Phi) is 5.39. The maximum atomic E-state index is 14.7. The van der Waals surface area contributed by atoms with Crippen LogP contribution >= 0.6 is 0 Å². The molecular formula is C22H23FN2O3. The number of likely N-dealkylation sites (tertiary alicyclic amines) is 1. The van der Waals surface area contributed by atoms with Gasteiger partial charge < -0.3 is 9.32 Å². The van der Waals surface area contributed by atoms with E-state index in [2.05, 4.69) is 9.88 Å². The average Bonchev–Trinajstić information content (AvgIpc) is 3.11. The lowest BCUT2D eigenvalue weighted by atomic mass is 9.88. The van der Waals surface area contributed by atoms with Gasteiger partial charge in [-0.15, -0.1) is 0 Å². The monoisotopic (exact) mass is 382 g/mol. The normalized spacial score (nSPS) is 17.0. The van der Waals surface area contributed by atoms with Crippen molar-refractivity contribution in [2.75, 3.05) is 19.6 Å². The molecule has 0 amide bonds. The lowest BCUT2D eigenvalue weighted by Gasteiger charge is -2.33. The number of hydrogen-bond acceptors (Lipinski definition) is 4. The summed E-state index contributed by atoms with van der Waals surface area (Å²) >= 11 is 0. The van der Waals surface area contributed by atoms with Crippen LogP contribution in [0.25, 0.3) is 11.1 Å². The molecule has 5 nitrogen and oxygen atoms in total. The van der Waals surface area contributed by atoms with Crippen LogP contribution in [0.1, 0.15) is 41.4 Å². The highest BCUT2D eigenvalue weighted by Crippen LogP contribution is 2.33. The van der Waals surface area contributed by atoms with Gasteiger partial charge in [0.05, 0.1) is 5.52 Å². The molecule has 2 heterocycles. The van der Waals surface area contributed by atoms with Gasteiger partial charge >= 0.3 is 5.76 Å². The number of halogens is 1. The third kappa shape index (κ3) is 4.07. The molecule has 1 fully saturated rings. The molecule has 28 heavy (non-hydrogen) atoms. The molecule has 146 valence electrons. The standard InChI is InChI=1S/C22H23FN2O3/c23-21(15-4-2-1-3-5-15)16-8-11-25(12-9-16)13-10-19(26)17-6-7-18-20(14-17)28-22(27)24-18/h1-7,14,16,21H,8-13H2,(H,24,27). The van der Waals surface area contributed by atoms with E-state index in [0.717, 1.165) is 31.5 Å². The Morgan fingerprint density at radius 3 is 2.68 bits per heavy atom. The van der Waals surface area contributed by atoms with Gasteiger partial charge in [0.2, 0.25) is 0 Å². The molecule has 1 N–H and O–H groups in total. The molecule has 1 aliphatic rings. The first kappa shape index (κ1) is 18.6. The van der Waals surface area contributed by atoms with Crippen LogP contribution in [-0.2, 0) is 0 Å². The Morgan fingerprint density at radius 1 is 1.18 bits per heavy atom. The lowest BCUT2D eigenvalue weighted by Crippen LogP contribution is -2.36. The number of rotatable bonds is 6. The number of ketones is 1. The first-order valence-corrected chi connectivity index (χ1v) is 9.67. The van der Waals surface area contributed by atoms with Crippen molar-refractivity contribution in [2.24, 2.45) is 5.92 Å². The number of nitrogens with one attached hydrogen (secondary N) is 1. The average molecular weight is 382 g/mol. The number of alkyl halides is 1. The van der Waals surface area contributed by atoms with E-state index in [4.69, 9.17) is 4.42 Å². The molecule has 0 spiro atoms. The minimum absolute atomic E-state index is 0.0144. The summed E-state index contributed by atoms with van der Waals surface area (Å²) in [5.41, 5.74) is 2.27. The van der Waals surface area contributed by atoms with Crippen molar-refractivity contribution in [3.63, 3.8) is 0 Å². The molecular weight excluding hydrogens is 359 g/mol. The topological polar surface area (TPSA) is 66.3 Å². The number of H-pyrrole nitrogens is 1. The Hall–Kier alpha value is -2.73. The van der Waals surface area contributed by atoms with E-state index >= 15 is 0 Å². The van der Waals surface area contributed by atoms with Crippen LogP contribution in [-0.4, -0.2) is 35.3 Å². The van der Waals surface area contributed by atoms with Crippen LogP contribution in [0, 0.1) is 5.92 Å². The SMILES string of the molecule is O=C(CCN1CCC(C(F)c2ccccc2)CC1)c1ccc2[nH]c(=O)oc2c1. The van der Waals surface area contributed by atoms with Crippen LogP contribution < -0.4 is 5.76 Å². The number of carbonyl (C=O) groups is 1. The van der Waals surface area contributed by atoms with Crippen LogP contribution in [0.5, 0.6) is 0 Å². The molecule has 1 unspecified atom stereocenters. The second-order valence-electron chi connectivity index (χ2n) is 7.39. The molecule has 1 aromatic heterocycles. The van der Waals surface area contributed by atoms with Gasteiger partial charge in [0.15, 0.2) is 11.4 Å². The summed E-state index contributed by atoms with van der Waals surface area (Å²) in [7, 11) is 0. The predicted octanol–water partition coefficient (Wildman–Crippen LogP) is 4.12. The molecule has 0 bridgehead atoms. The van der Waals surface area contributed by atoms with Crippen molar-refractivity contribution in [2.45, 2.75) is 25.4 Å². The summed E-state index contributed by atoms with van der Waals surface area (Å²) in [6, 6.07) is 14.3. The fraction of sp³-hybridized carbons (Fsp3) is 0.364. The molecule has 3 aromatic rings. The van der Waals surface area contributed by atoms with Crippen molar-refractivity contribution >= 4 is 16.9 Å². The summed E-state index contributed by atoms with van der Waals surface area (Å²) in [4.78, 5) is 28.5. The largest absolute Gasteiger partial charge is 0.417 e. The van der Waals surface area contributed by atoms with E-state index in [1.807, 2.05) is 30.3 Å². The number of aromatic amines is 1. The van der Waals surface area contributed by atoms with E-state index in [0.29, 0.717) is 29.6 Å². The summed E-state index contributed by atoms with van der Waals surface area (Å²) in [5.74, 6) is -0.474. The van der Waals surface area contributed by atoms with Crippen molar-refractivity contribution in [1.82, 2.24) is 9.88 Å². The summed E-state index contributed by atoms with van der Waals surface area (Å²) in [6.45, 7) is 2.26. The Bertz CT molecular complexity index is 1000. The van der Waals surface area contributed by atoms with E-state index < -0.39 is 11.9 Å². The minimum atomic E-state index is -0.923. The first-order valence-electron chi connectivity index (χ1n) is 9.67. The fourth-order valence-electron chi connectivity index (χ4n) is 3.90. The third-order valence-corrected chi connectivity index (χ3v) is 5.56. The molecule has 1 saturated heterocycles. The van der Waals surface area contributed by atoms with E-state index in [-0.39, 0.29) is 11.7 Å². The Balaban J connectivity index is 1.28. The van der Waals surface area contributed by atoms with Crippen LogP contribution in [0.4, 0.5) is 4.39 Å². The van der Waals surface area contributed by atoms with E-state index in [1.54, 1.807) is 18.2 Å². The van der Waals surface area contributed by atoms with Gasteiger partial charge in [-0.05, 0) is 55.6 Å². The Morgan fingerprint density at radius 2 is 1.93 bits per heavy atom. The summed E-state index contributed by atoms with van der Waals surface area (Å²) in [5, 5.41) is 0. The maximum absolute atomic E-state index is 14.7. The molecule has 4 rings (SSSR count). The molecule has 2 aromatic carbocycles. The van der Waals surface area contributed by atoms with Crippen molar-refractivity contribution in [3.05, 3.63) is 70.2 Å². The van der Waals surface area contributed by atoms with Gasteiger partial charge in [0.1, 0.15) is 6.17 Å². The van der Waals surface area contributed by atoms with Crippen LogP contribution in [0.3, 0.4) is 0 Å². The van der Waals surface area contributed by atoms with Crippen molar-refractivity contribution in [3.8, 4) is 0 Å². The van der Waals surface area contributed by atoms with Crippen LogP contribution in [0.2, 0.25) is 0 Å². The third-order valence-electron chi connectivity index (χ3n) is 5.56. The van der Waals surface area contributed by atoms with Gasteiger partial charge in [0, 0.05) is 18.5 Å². The second kappa shape index (κ2) is 8.10. The van der Waals surface area contributed by atoms with Crippen molar-refractivity contribution in [1.29, 1.82) is 0 Å². The zero-order valence-corrected chi connectivity index (χ0v) is 15.6. The number of aromatic nitrogens is 1. The predicted molar refractivity (Wildman–Crippen MR) is 105 cm³/mol. The quantitative estimate of drug-likeness (QED) is 0.652. The summed E-state index contributed by atoms with van der Waals surface area (Å²) < 4.78 is 19.7. The Labute approximate surface area is 162 Å². The molecule has 1 aliphatic heterocycles. The first-order chi connectivity index (χ1) is 13.6. The number of piperidine rings is 1. The number of Topliss-reactive ketones (excluding diaryl/α,β-unsaturated/α-hetero) is 1. The molecule has 1 atom stereocenters. The number of hydrogen-bond donors (Lipinski definition) is 1. The van der Waals surface area contributed by atoms with E-state index in [1.165, 1.54) is 0 Å². The number of nitrogens with zero attached hydrogens (tertiary/aromatic N) is 1. The highest BCUT2D eigenvalue weighted by atomic mass is 19.1. The molecule has 0 saturated carbocycles. The fourth-order valence-corrected chi connectivity index (χ4v) is 3.90. The maximum Gasteiger partial charge on any atom is 0.417 e.